The van der Waals surface area contributed by atoms with Gasteiger partial charge in [0.2, 0.25) is 0 Å². The van der Waals surface area contributed by atoms with Crippen LogP contribution in [0.5, 0.6) is 0 Å². The molecular formula is C13H25NO4. The third-order valence-electron chi connectivity index (χ3n) is 3.04. The molecule has 0 saturated heterocycles. The molecule has 18 heavy (non-hydrogen) atoms. The molecule has 1 saturated carbocycles. The van der Waals surface area contributed by atoms with E-state index < -0.39 is 5.54 Å². The van der Waals surface area contributed by atoms with Crippen molar-refractivity contribution < 1.29 is 19.0 Å². The van der Waals surface area contributed by atoms with E-state index in [2.05, 4.69) is 13.8 Å². The van der Waals surface area contributed by atoms with Gasteiger partial charge in [-0.25, -0.2) is 4.79 Å². The van der Waals surface area contributed by atoms with Gasteiger partial charge in [0.25, 0.3) is 0 Å². The van der Waals surface area contributed by atoms with Crippen LogP contribution in [-0.2, 0) is 19.0 Å². The SMILES string of the molecule is COC(=O)C(N)(COCCOCC(C)C)C1CC1. The molecule has 0 aromatic heterocycles. The summed E-state index contributed by atoms with van der Waals surface area (Å²) in [5.41, 5.74) is 5.10. The molecule has 0 radical (unpaired) electrons. The predicted octanol–water partition coefficient (Wildman–Crippen LogP) is 0.956. The van der Waals surface area contributed by atoms with Crippen LogP contribution in [0.2, 0.25) is 0 Å². The van der Waals surface area contributed by atoms with Crippen LogP contribution in [0, 0.1) is 11.8 Å². The van der Waals surface area contributed by atoms with Crippen molar-refractivity contribution >= 4 is 5.97 Å². The quantitative estimate of drug-likeness (QED) is 0.493. The normalized spacial score (nSPS) is 18.7. The minimum atomic E-state index is -0.979. The summed E-state index contributed by atoms with van der Waals surface area (Å²) in [6, 6.07) is 0. The first-order valence-electron chi connectivity index (χ1n) is 6.53. The van der Waals surface area contributed by atoms with Gasteiger partial charge in [-0.15, -0.1) is 0 Å². The lowest BCUT2D eigenvalue weighted by Gasteiger charge is -2.26. The summed E-state index contributed by atoms with van der Waals surface area (Å²) in [4.78, 5) is 11.7. The number of rotatable bonds is 9. The lowest BCUT2D eigenvalue weighted by atomic mass is 9.96. The molecule has 1 atom stereocenters. The van der Waals surface area contributed by atoms with E-state index in [0.29, 0.717) is 19.1 Å². The minimum absolute atomic E-state index is 0.196. The number of esters is 1. The Balaban J connectivity index is 2.20. The summed E-state index contributed by atoms with van der Waals surface area (Å²) in [5.74, 6) is 0.328. The summed E-state index contributed by atoms with van der Waals surface area (Å²) in [5, 5.41) is 0. The minimum Gasteiger partial charge on any atom is -0.468 e. The van der Waals surface area contributed by atoms with Crippen molar-refractivity contribution in [3.8, 4) is 0 Å². The monoisotopic (exact) mass is 259 g/mol. The molecule has 1 aliphatic carbocycles. The van der Waals surface area contributed by atoms with Crippen LogP contribution in [-0.4, -0.2) is 45.0 Å². The highest BCUT2D eigenvalue weighted by molar-refractivity contribution is 5.81. The number of hydrogen-bond acceptors (Lipinski definition) is 5. The molecule has 0 aromatic carbocycles. The number of carbonyl (C=O) groups excluding carboxylic acids is 1. The molecule has 0 spiro atoms. The maximum Gasteiger partial charge on any atom is 0.328 e. The Morgan fingerprint density at radius 1 is 1.33 bits per heavy atom. The fraction of sp³-hybridized carbons (Fsp3) is 0.923. The average Bonchev–Trinajstić information content (AvgIpc) is 3.16. The van der Waals surface area contributed by atoms with E-state index in [1.54, 1.807) is 0 Å². The van der Waals surface area contributed by atoms with E-state index in [9.17, 15) is 4.79 Å². The Morgan fingerprint density at radius 3 is 2.44 bits per heavy atom. The van der Waals surface area contributed by atoms with Crippen molar-refractivity contribution in [3.05, 3.63) is 0 Å². The standard InChI is InChI=1S/C13H25NO4/c1-10(2)8-17-6-7-18-9-13(14,11-4-5-11)12(15)16-3/h10-11H,4-9,14H2,1-3H3. The fourth-order valence-electron chi connectivity index (χ4n) is 1.81. The van der Waals surface area contributed by atoms with Crippen molar-refractivity contribution in [3.63, 3.8) is 0 Å². The van der Waals surface area contributed by atoms with Crippen LogP contribution in [0.4, 0.5) is 0 Å². The van der Waals surface area contributed by atoms with Gasteiger partial charge in [-0.3, -0.25) is 0 Å². The third-order valence-corrected chi connectivity index (χ3v) is 3.04. The summed E-state index contributed by atoms with van der Waals surface area (Å²) < 4.78 is 15.6. The third kappa shape index (κ3) is 4.55. The Hall–Kier alpha value is -0.650. The Kier molecular flexibility index (Phi) is 6.05. The van der Waals surface area contributed by atoms with Gasteiger partial charge in [0.05, 0.1) is 26.9 Å². The van der Waals surface area contributed by atoms with E-state index in [1.807, 2.05) is 0 Å². The number of carbonyl (C=O) groups is 1. The Morgan fingerprint density at radius 2 is 1.94 bits per heavy atom. The second-order valence-electron chi connectivity index (χ2n) is 5.33. The first-order chi connectivity index (χ1) is 8.50. The molecule has 0 heterocycles. The van der Waals surface area contributed by atoms with Crippen LogP contribution < -0.4 is 5.73 Å². The highest BCUT2D eigenvalue weighted by atomic mass is 16.5. The van der Waals surface area contributed by atoms with E-state index >= 15 is 0 Å². The van der Waals surface area contributed by atoms with Crippen molar-refractivity contribution in [2.24, 2.45) is 17.6 Å². The van der Waals surface area contributed by atoms with Gasteiger partial charge in [-0.05, 0) is 24.7 Å². The first-order valence-corrected chi connectivity index (χ1v) is 6.53. The average molecular weight is 259 g/mol. The molecule has 5 nitrogen and oxygen atoms in total. The topological polar surface area (TPSA) is 70.8 Å². The van der Waals surface area contributed by atoms with Crippen molar-refractivity contribution in [2.75, 3.05) is 33.5 Å². The maximum absolute atomic E-state index is 11.7. The molecule has 0 aliphatic heterocycles. The van der Waals surface area contributed by atoms with Crippen LogP contribution in [0.1, 0.15) is 26.7 Å². The lowest BCUT2D eigenvalue weighted by molar-refractivity contribution is -0.151. The molecule has 1 unspecified atom stereocenters. The second-order valence-corrected chi connectivity index (χ2v) is 5.33. The summed E-state index contributed by atoms with van der Waals surface area (Å²) in [6.45, 7) is 6.09. The van der Waals surface area contributed by atoms with E-state index in [1.165, 1.54) is 7.11 Å². The van der Waals surface area contributed by atoms with E-state index in [4.69, 9.17) is 19.9 Å². The van der Waals surface area contributed by atoms with Crippen LogP contribution in [0.3, 0.4) is 0 Å². The molecule has 0 bridgehead atoms. The molecule has 0 amide bonds. The fourth-order valence-corrected chi connectivity index (χ4v) is 1.81. The van der Waals surface area contributed by atoms with Crippen molar-refractivity contribution in [1.82, 2.24) is 0 Å². The van der Waals surface area contributed by atoms with Gasteiger partial charge in [0, 0.05) is 6.61 Å². The smallest absolute Gasteiger partial charge is 0.328 e. The second kappa shape index (κ2) is 7.07. The summed E-state index contributed by atoms with van der Waals surface area (Å²) in [6.07, 6.45) is 1.94. The number of ether oxygens (including phenoxy) is 3. The van der Waals surface area contributed by atoms with Crippen molar-refractivity contribution in [2.45, 2.75) is 32.2 Å². The Labute approximate surface area is 109 Å². The maximum atomic E-state index is 11.7. The van der Waals surface area contributed by atoms with Crippen LogP contribution in [0.25, 0.3) is 0 Å². The zero-order valence-corrected chi connectivity index (χ0v) is 11.6. The number of methoxy groups -OCH3 is 1. The highest BCUT2D eigenvalue weighted by Crippen LogP contribution is 2.39. The molecular weight excluding hydrogens is 234 g/mol. The van der Waals surface area contributed by atoms with Gasteiger partial charge >= 0.3 is 5.97 Å². The molecule has 1 rings (SSSR count). The molecule has 0 aromatic rings. The highest BCUT2D eigenvalue weighted by Gasteiger charge is 2.49. The number of nitrogens with two attached hydrogens (primary N) is 1. The summed E-state index contributed by atoms with van der Waals surface area (Å²) >= 11 is 0. The predicted molar refractivity (Wildman–Crippen MR) is 68.1 cm³/mol. The van der Waals surface area contributed by atoms with Gasteiger partial charge in [0.1, 0.15) is 5.54 Å². The molecule has 1 fully saturated rings. The zero-order chi connectivity index (χ0) is 13.6. The largest absolute Gasteiger partial charge is 0.468 e. The van der Waals surface area contributed by atoms with Crippen LogP contribution >= 0.6 is 0 Å². The summed E-state index contributed by atoms with van der Waals surface area (Å²) in [7, 11) is 1.36. The van der Waals surface area contributed by atoms with Crippen LogP contribution in [0.15, 0.2) is 0 Å². The molecule has 106 valence electrons. The Bertz CT molecular complexity index is 266. The molecule has 5 heteroatoms. The van der Waals surface area contributed by atoms with E-state index in [-0.39, 0.29) is 18.5 Å². The first kappa shape index (κ1) is 15.4. The van der Waals surface area contributed by atoms with Gasteiger partial charge in [0.15, 0.2) is 0 Å². The molecule has 1 aliphatic rings. The molecule has 2 N–H and O–H groups in total. The van der Waals surface area contributed by atoms with Crippen molar-refractivity contribution in [1.29, 1.82) is 0 Å². The van der Waals surface area contributed by atoms with Gasteiger partial charge < -0.3 is 19.9 Å². The lowest BCUT2D eigenvalue weighted by Crippen LogP contribution is -2.54. The number of hydrogen-bond donors (Lipinski definition) is 1. The zero-order valence-electron chi connectivity index (χ0n) is 11.6. The van der Waals surface area contributed by atoms with Gasteiger partial charge in [-0.1, -0.05) is 13.8 Å². The van der Waals surface area contributed by atoms with E-state index in [0.717, 1.165) is 19.4 Å². The van der Waals surface area contributed by atoms with Gasteiger partial charge in [-0.2, -0.15) is 0 Å².